The normalized spacial score (nSPS) is 26.1. The molecule has 1 aliphatic heterocycles. The Morgan fingerprint density at radius 3 is 2.89 bits per heavy atom. The standard InChI is InChI=1S/C14H20N2O3/c1-14(10-18-9-12(14)15)13(17)16-7-8-19-11-5-3-2-4-6-11/h2-6,12H,7-10,15H2,1H3,(H,16,17). The van der Waals surface area contributed by atoms with Gasteiger partial charge in [-0.05, 0) is 19.1 Å². The third-order valence-corrected chi connectivity index (χ3v) is 3.44. The van der Waals surface area contributed by atoms with Crippen molar-refractivity contribution in [3.63, 3.8) is 0 Å². The fourth-order valence-corrected chi connectivity index (χ4v) is 1.97. The maximum absolute atomic E-state index is 12.1. The number of carbonyl (C=O) groups is 1. The number of ether oxygens (including phenoxy) is 2. The van der Waals surface area contributed by atoms with Crippen LogP contribution in [0.15, 0.2) is 30.3 Å². The van der Waals surface area contributed by atoms with Crippen molar-refractivity contribution in [3.8, 4) is 5.75 Å². The molecule has 1 fully saturated rings. The van der Waals surface area contributed by atoms with E-state index in [0.29, 0.717) is 26.4 Å². The minimum Gasteiger partial charge on any atom is -0.492 e. The van der Waals surface area contributed by atoms with E-state index in [0.717, 1.165) is 5.75 Å². The summed E-state index contributed by atoms with van der Waals surface area (Å²) in [6.07, 6.45) is 0. The van der Waals surface area contributed by atoms with Crippen molar-refractivity contribution in [3.05, 3.63) is 30.3 Å². The highest BCUT2D eigenvalue weighted by Crippen LogP contribution is 2.26. The van der Waals surface area contributed by atoms with Gasteiger partial charge in [0.25, 0.3) is 0 Å². The molecule has 2 unspecified atom stereocenters. The summed E-state index contributed by atoms with van der Waals surface area (Å²) in [4.78, 5) is 12.1. The lowest BCUT2D eigenvalue weighted by Gasteiger charge is -2.25. The van der Waals surface area contributed by atoms with Crippen molar-refractivity contribution in [2.24, 2.45) is 11.1 Å². The molecule has 1 aliphatic rings. The Hall–Kier alpha value is -1.59. The molecule has 19 heavy (non-hydrogen) atoms. The molecule has 0 radical (unpaired) electrons. The zero-order valence-electron chi connectivity index (χ0n) is 11.1. The molecule has 0 aliphatic carbocycles. The first-order valence-corrected chi connectivity index (χ1v) is 6.42. The van der Waals surface area contributed by atoms with Crippen LogP contribution in [0.25, 0.3) is 0 Å². The van der Waals surface area contributed by atoms with E-state index in [9.17, 15) is 4.79 Å². The number of para-hydroxylation sites is 1. The third kappa shape index (κ3) is 3.24. The Labute approximate surface area is 113 Å². The van der Waals surface area contributed by atoms with Crippen LogP contribution in [-0.2, 0) is 9.53 Å². The average molecular weight is 264 g/mol. The maximum Gasteiger partial charge on any atom is 0.230 e. The predicted molar refractivity (Wildman–Crippen MR) is 71.8 cm³/mol. The van der Waals surface area contributed by atoms with Crippen LogP contribution in [0.4, 0.5) is 0 Å². The van der Waals surface area contributed by atoms with Gasteiger partial charge in [-0.25, -0.2) is 0 Å². The second-order valence-corrected chi connectivity index (χ2v) is 4.96. The van der Waals surface area contributed by atoms with E-state index >= 15 is 0 Å². The Bertz CT molecular complexity index is 424. The van der Waals surface area contributed by atoms with Crippen LogP contribution in [-0.4, -0.2) is 38.3 Å². The first-order chi connectivity index (χ1) is 9.13. The first kappa shape index (κ1) is 13.8. The van der Waals surface area contributed by atoms with E-state index in [1.165, 1.54) is 0 Å². The smallest absolute Gasteiger partial charge is 0.230 e. The topological polar surface area (TPSA) is 73.6 Å². The van der Waals surface area contributed by atoms with E-state index in [-0.39, 0.29) is 11.9 Å². The largest absolute Gasteiger partial charge is 0.492 e. The number of nitrogens with one attached hydrogen (secondary N) is 1. The summed E-state index contributed by atoms with van der Waals surface area (Å²) >= 11 is 0. The second kappa shape index (κ2) is 6.04. The van der Waals surface area contributed by atoms with Crippen molar-refractivity contribution in [1.82, 2.24) is 5.32 Å². The fourth-order valence-electron chi connectivity index (χ4n) is 1.97. The lowest BCUT2D eigenvalue weighted by molar-refractivity contribution is -0.130. The highest BCUT2D eigenvalue weighted by Gasteiger charge is 2.44. The van der Waals surface area contributed by atoms with Gasteiger partial charge in [0, 0.05) is 6.04 Å². The van der Waals surface area contributed by atoms with Crippen molar-refractivity contribution >= 4 is 5.91 Å². The Morgan fingerprint density at radius 1 is 1.53 bits per heavy atom. The van der Waals surface area contributed by atoms with Gasteiger partial charge in [0.2, 0.25) is 5.91 Å². The van der Waals surface area contributed by atoms with E-state index in [1.807, 2.05) is 37.3 Å². The molecule has 0 spiro atoms. The number of carbonyl (C=O) groups excluding carboxylic acids is 1. The van der Waals surface area contributed by atoms with Gasteiger partial charge in [-0.3, -0.25) is 4.79 Å². The molecular formula is C14H20N2O3. The molecule has 1 heterocycles. The molecule has 2 atom stereocenters. The van der Waals surface area contributed by atoms with Crippen LogP contribution in [0.5, 0.6) is 5.75 Å². The summed E-state index contributed by atoms with van der Waals surface area (Å²) in [6, 6.07) is 9.25. The summed E-state index contributed by atoms with van der Waals surface area (Å²) in [6.45, 7) is 3.53. The summed E-state index contributed by atoms with van der Waals surface area (Å²) in [7, 11) is 0. The maximum atomic E-state index is 12.1. The van der Waals surface area contributed by atoms with Gasteiger partial charge in [-0.1, -0.05) is 18.2 Å². The summed E-state index contributed by atoms with van der Waals surface area (Å²) in [5.41, 5.74) is 5.26. The molecule has 104 valence electrons. The molecule has 0 aromatic heterocycles. The van der Waals surface area contributed by atoms with Gasteiger partial charge >= 0.3 is 0 Å². The molecule has 5 nitrogen and oxygen atoms in total. The molecule has 2 rings (SSSR count). The quantitative estimate of drug-likeness (QED) is 0.762. The average Bonchev–Trinajstić information content (AvgIpc) is 2.77. The van der Waals surface area contributed by atoms with Crippen LogP contribution in [0, 0.1) is 5.41 Å². The molecule has 1 amide bonds. The second-order valence-electron chi connectivity index (χ2n) is 4.96. The summed E-state index contributed by atoms with van der Waals surface area (Å²) in [5.74, 6) is 0.720. The minimum atomic E-state index is -0.632. The van der Waals surface area contributed by atoms with E-state index in [4.69, 9.17) is 15.2 Å². The van der Waals surface area contributed by atoms with Crippen molar-refractivity contribution in [1.29, 1.82) is 0 Å². The van der Waals surface area contributed by atoms with Gasteiger partial charge in [0.05, 0.1) is 25.2 Å². The molecule has 1 aromatic rings. The fraction of sp³-hybridized carbons (Fsp3) is 0.500. The molecule has 0 saturated carbocycles. The SMILES string of the molecule is CC1(C(=O)NCCOc2ccccc2)COCC1N. The number of benzene rings is 1. The molecule has 1 aromatic carbocycles. The number of nitrogens with two attached hydrogens (primary N) is 1. The van der Waals surface area contributed by atoms with Crippen LogP contribution in [0.2, 0.25) is 0 Å². The molecule has 5 heteroatoms. The highest BCUT2D eigenvalue weighted by molar-refractivity contribution is 5.83. The molecule has 1 saturated heterocycles. The first-order valence-electron chi connectivity index (χ1n) is 6.42. The number of hydrogen-bond donors (Lipinski definition) is 2. The van der Waals surface area contributed by atoms with Gasteiger partial charge in [0.15, 0.2) is 0 Å². The number of amides is 1. The Morgan fingerprint density at radius 2 is 2.26 bits per heavy atom. The highest BCUT2D eigenvalue weighted by atomic mass is 16.5. The zero-order chi connectivity index (χ0) is 13.7. The van der Waals surface area contributed by atoms with Crippen LogP contribution in [0.3, 0.4) is 0 Å². The Kier molecular flexibility index (Phi) is 4.39. The minimum absolute atomic E-state index is 0.0749. The third-order valence-electron chi connectivity index (χ3n) is 3.44. The van der Waals surface area contributed by atoms with Crippen molar-refractivity contribution in [2.45, 2.75) is 13.0 Å². The summed E-state index contributed by atoms with van der Waals surface area (Å²) in [5, 5.41) is 2.84. The lowest BCUT2D eigenvalue weighted by Crippen LogP contribution is -2.50. The van der Waals surface area contributed by atoms with Crippen LogP contribution in [0.1, 0.15) is 6.92 Å². The number of rotatable bonds is 5. The zero-order valence-corrected chi connectivity index (χ0v) is 11.1. The van der Waals surface area contributed by atoms with Crippen LogP contribution >= 0.6 is 0 Å². The van der Waals surface area contributed by atoms with E-state index in [2.05, 4.69) is 5.32 Å². The Balaban J connectivity index is 1.73. The summed E-state index contributed by atoms with van der Waals surface area (Å²) < 4.78 is 10.8. The van der Waals surface area contributed by atoms with Crippen LogP contribution < -0.4 is 15.8 Å². The monoisotopic (exact) mass is 264 g/mol. The molecule has 0 bridgehead atoms. The molecular weight excluding hydrogens is 244 g/mol. The van der Waals surface area contributed by atoms with E-state index < -0.39 is 5.41 Å². The van der Waals surface area contributed by atoms with Crippen molar-refractivity contribution < 1.29 is 14.3 Å². The van der Waals surface area contributed by atoms with E-state index in [1.54, 1.807) is 0 Å². The lowest BCUT2D eigenvalue weighted by atomic mass is 9.85. The van der Waals surface area contributed by atoms with Gasteiger partial charge < -0.3 is 20.5 Å². The van der Waals surface area contributed by atoms with Crippen molar-refractivity contribution in [2.75, 3.05) is 26.4 Å². The molecule has 3 N–H and O–H groups in total. The number of hydrogen-bond acceptors (Lipinski definition) is 4. The van der Waals surface area contributed by atoms with Gasteiger partial charge in [-0.15, -0.1) is 0 Å². The van der Waals surface area contributed by atoms with Gasteiger partial charge in [0.1, 0.15) is 12.4 Å². The predicted octanol–water partition coefficient (Wildman–Crippen LogP) is 0.545. The van der Waals surface area contributed by atoms with Gasteiger partial charge in [-0.2, -0.15) is 0 Å².